The van der Waals surface area contributed by atoms with E-state index in [1.165, 1.54) is 6.92 Å². The van der Waals surface area contributed by atoms with Gasteiger partial charge >= 0.3 is 0 Å². The highest BCUT2D eigenvalue weighted by molar-refractivity contribution is 7.17. The van der Waals surface area contributed by atoms with Crippen molar-refractivity contribution in [3.8, 4) is 51.1 Å². The molecule has 0 aliphatic rings. The number of aliphatic hydroxyl groups is 4. The number of phenols is 8. The number of anilines is 2. The van der Waals surface area contributed by atoms with Crippen molar-refractivity contribution in [1.29, 1.82) is 0 Å². The van der Waals surface area contributed by atoms with Crippen LogP contribution in [0, 0.1) is 6.92 Å². The minimum absolute atomic E-state index is 0.105. The number of nitrogens with one attached hydrogen (secondary N) is 2. The van der Waals surface area contributed by atoms with Gasteiger partial charge in [0.05, 0.1) is 12.6 Å². The van der Waals surface area contributed by atoms with Crippen LogP contribution >= 0.6 is 11.3 Å². The van der Waals surface area contributed by atoms with E-state index in [1.54, 1.807) is 5.32 Å². The zero-order chi connectivity index (χ0) is 32.8. The Morgan fingerprint density at radius 2 is 1.42 bits per heavy atom. The first-order valence-corrected chi connectivity index (χ1v) is 12.5. The highest BCUT2D eigenvalue weighted by Gasteiger charge is 2.44. The molecular weight excluding hydrogens is 604 g/mol. The van der Waals surface area contributed by atoms with Crippen LogP contribution in [0.5, 0.6) is 51.1 Å². The van der Waals surface area contributed by atoms with E-state index in [0.717, 1.165) is 7.11 Å². The number of thiazole rings is 1. The minimum Gasteiger partial charge on any atom is -0.504 e. The van der Waals surface area contributed by atoms with Gasteiger partial charge in [0.1, 0.15) is 11.3 Å². The van der Waals surface area contributed by atoms with Crippen molar-refractivity contribution in [2.24, 2.45) is 0 Å². The molecule has 43 heavy (non-hydrogen) atoms. The van der Waals surface area contributed by atoms with E-state index < -0.39 is 105 Å². The molecule has 1 heterocycles. The van der Waals surface area contributed by atoms with E-state index in [4.69, 9.17) is 10.5 Å². The third-order valence-corrected chi connectivity index (χ3v) is 6.99. The van der Waals surface area contributed by atoms with Crippen molar-refractivity contribution in [1.82, 2.24) is 10.3 Å². The van der Waals surface area contributed by atoms with Gasteiger partial charge in [-0.15, -0.1) is 0 Å². The lowest BCUT2D eigenvalue weighted by Crippen LogP contribution is -2.41. The monoisotopic (exact) mass is 632 g/mol. The van der Waals surface area contributed by atoms with Crippen LogP contribution in [-0.2, 0) is 21.1 Å². The standard InChI is InChI=1S/C23H28N4O15S/c1-5-7(11(29)17(35)16(34)10(5)28)6(42-2)3-25-4-22(38,39)8-12(30)14(32)9(15(33)13(8)31)26-20(37)23(40,41)18-19(36)43-21(24)27-18/h6,25,28-36,38-41H,3-4H2,1-2H3,(H2,24,27)(H,26,37). The molecule has 3 rings (SSSR count). The summed E-state index contributed by atoms with van der Waals surface area (Å²) in [5.41, 5.74) is 1.50. The normalized spacial score (nSPS) is 12.8. The first-order valence-electron chi connectivity index (χ1n) is 11.7. The maximum atomic E-state index is 12.5. The summed E-state index contributed by atoms with van der Waals surface area (Å²) in [4.78, 5) is 15.9. The Labute approximate surface area is 243 Å². The van der Waals surface area contributed by atoms with Gasteiger partial charge in [0.15, 0.2) is 45.3 Å². The second-order valence-corrected chi connectivity index (χ2v) is 10.1. The summed E-state index contributed by atoms with van der Waals surface area (Å²) < 4.78 is 5.20. The van der Waals surface area contributed by atoms with Gasteiger partial charge < -0.3 is 87.5 Å². The number of hydrogen-bond donors (Lipinski definition) is 16. The Morgan fingerprint density at radius 1 is 0.884 bits per heavy atom. The van der Waals surface area contributed by atoms with Crippen LogP contribution in [0.3, 0.4) is 0 Å². The van der Waals surface area contributed by atoms with Gasteiger partial charge in [0, 0.05) is 24.8 Å². The molecule has 1 aromatic heterocycles. The van der Waals surface area contributed by atoms with E-state index >= 15 is 0 Å². The molecule has 0 bridgehead atoms. The smallest absolute Gasteiger partial charge is 0.294 e. The molecular formula is C23H28N4O15S. The lowest BCUT2D eigenvalue weighted by atomic mass is 9.98. The fourth-order valence-corrected chi connectivity index (χ4v) is 4.68. The number of ether oxygens (including phenoxy) is 1. The zero-order valence-electron chi connectivity index (χ0n) is 22.1. The number of methoxy groups -OCH3 is 1. The number of carbonyl (C=O) groups excluding carboxylic acids is 1. The number of phenolic OH excluding ortho intramolecular Hbond substituents is 8. The molecule has 0 saturated carbocycles. The highest BCUT2D eigenvalue weighted by atomic mass is 32.1. The Bertz CT molecular complexity index is 1510. The molecule has 3 aromatic rings. The summed E-state index contributed by atoms with van der Waals surface area (Å²) in [5.74, 6) is -18.4. The number of amides is 1. The molecule has 19 nitrogen and oxygen atoms in total. The molecule has 0 fully saturated rings. The number of benzene rings is 2. The van der Waals surface area contributed by atoms with E-state index in [-0.39, 0.29) is 16.3 Å². The average molecular weight is 633 g/mol. The summed E-state index contributed by atoms with van der Waals surface area (Å²) in [6.07, 6.45) is -1.22. The van der Waals surface area contributed by atoms with Gasteiger partial charge in [-0.25, -0.2) is 4.98 Å². The van der Waals surface area contributed by atoms with Crippen molar-refractivity contribution in [3.05, 3.63) is 22.4 Å². The van der Waals surface area contributed by atoms with Crippen LogP contribution in [0.2, 0.25) is 0 Å². The number of nitrogens with zero attached hydrogens (tertiary/aromatic N) is 1. The number of hydrogen-bond acceptors (Lipinski definition) is 19. The van der Waals surface area contributed by atoms with E-state index in [9.17, 15) is 71.2 Å². The maximum absolute atomic E-state index is 12.5. The minimum atomic E-state index is -3.61. The fourth-order valence-electron chi connectivity index (χ4n) is 4.06. The predicted octanol–water partition coefficient (Wildman–Crippen LogP) is -1.73. The predicted molar refractivity (Wildman–Crippen MR) is 143 cm³/mol. The fraction of sp³-hybridized carbons (Fsp3) is 0.304. The van der Waals surface area contributed by atoms with Crippen molar-refractivity contribution in [2.45, 2.75) is 24.6 Å². The molecule has 20 heteroatoms. The van der Waals surface area contributed by atoms with Crippen LogP contribution in [0.15, 0.2) is 0 Å². The number of aromatic nitrogens is 1. The second kappa shape index (κ2) is 11.5. The van der Waals surface area contributed by atoms with Gasteiger partial charge in [-0.1, -0.05) is 11.3 Å². The largest absolute Gasteiger partial charge is 0.504 e. The molecule has 1 atom stereocenters. The number of carbonyl (C=O) groups is 1. The Morgan fingerprint density at radius 3 is 1.91 bits per heavy atom. The van der Waals surface area contributed by atoms with Gasteiger partial charge in [0.25, 0.3) is 11.7 Å². The SMILES string of the molecule is COC(CNCC(O)(O)c1c(O)c(O)c(NC(=O)C(O)(O)c2nc(N)sc2O)c(O)c1O)c1c(C)c(O)c(O)c(O)c1O. The molecule has 1 amide bonds. The molecule has 0 radical (unpaired) electrons. The number of nitrogens with two attached hydrogens (primary N) is 1. The highest BCUT2D eigenvalue weighted by Crippen LogP contribution is 2.53. The van der Waals surface area contributed by atoms with Gasteiger partial charge in [-0.3, -0.25) is 4.79 Å². The summed E-state index contributed by atoms with van der Waals surface area (Å²) in [6.45, 7) is -0.157. The van der Waals surface area contributed by atoms with Gasteiger partial charge in [-0.2, -0.15) is 0 Å². The molecule has 0 aliphatic carbocycles. The Hall–Kier alpha value is -4.70. The first kappa shape index (κ1) is 32.8. The van der Waals surface area contributed by atoms with Crippen molar-refractivity contribution in [3.63, 3.8) is 0 Å². The van der Waals surface area contributed by atoms with Gasteiger partial charge in [-0.05, 0) is 6.92 Å². The first-order chi connectivity index (χ1) is 19.8. The van der Waals surface area contributed by atoms with E-state index in [1.807, 2.05) is 0 Å². The molecule has 17 N–H and O–H groups in total. The maximum Gasteiger partial charge on any atom is 0.294 e. The average Bonchev–Trinajstić information content (AvgIpc) is 3.29. The molecule has 2 aromatic carbocycles. The van der Waals surface area contributed by atoms with Crippen LogP contribution in [0.25, 0.3) is 0 Å². The van der Waals surface area contributed by atoms with Crippen LogP contribution in [-0.4, -0.2) is 97.5 Å². The third kappa shape index (κ3) is 5.70. The van der Waals surface area contributed by atoms with Crippen molar-refractivity contribution < 1.29 is 75.9 Å². The van der Waals surface area contributed by atoms with Crippen molar-refractivity contribution in [2.75, 3.05) is 31.2 Å². The summed E-state index contributed by atoms with van der Waals surface area (Å²) in [6, 6.07) is 0. The summed E-state index contributed by atoms with van der Waals surface area (Å²) >= 11 is 0.376. The Balaban J connectivity index is 1.88. The molecule has 0 spiro atoms. The quantitative estimate of drug-likeness (QED) is 0.0670. The molecule has 1 unspecified atom stereocenters. The van der Waals surface area contributed by atoms with Crippen molar-refractivity contribution >= 4 is 28.1 Å². The topological polar surface area (TPSA) is 352 Å². The summed E-state index contributed by atoms with van der Waals surface area (Å²) in [7, 11) is 1.15. The number of rotatable bonds is 10. The zero-order valence-corrected chi connectivity index (χ0v) is 22.9. The van der Waals surface area contributed by atoms with Gasteiger partial charge in [0.2, 0.25) is 22.3 Å². The second-order valence-electron chi connectivity index (χ2n) is 9.08. The Kier molecular flexibility index (Phi) is 8.79. The van der Waals surface area contributed by atoms with Crippen LogP contribution in [0.1, 0.15) is 28.5 Å². The lowest BCUT2D eigenvalue weighted by molar-refractivity contribution is -0.185. The summed E-state index contributed by atoms with van der Waals surface area (Å²) in [5, 5.41) is 136. The van der Waals surface area contributed by atoms with Crippen LogP contribution < -0.4 is 16.4 Å². The molecule has 236 valence electrons. The third-order valence-electron chi connectivity index (χ3n) is 6.30. The molecule has 0 saturated heterocycles. The number of nitrogen functional groups attached to an aromatic ring is 1. The lowest BCUT2D eigenvalue weighted by Gasteiger charge is -2.28. The number of aromatic hydroxyl groups is 9. The van der Waals surface area contributed by atoms with E-state index in [2.05, 4.69) is 10.3 Å². The molecule has 0 aliphatic heterocycles. The van der Waals surface area contributed by atoms with E-state index in [0.29, 0.717) is 11.3 Å². The van der Waals surface area contributed by atoms with Crippen LogP contribution in [0.4, 0.5) is 10.8 Å².